The number of ether oxygens (including phenoxy) is 8. The minimum atomic E-state index is -1.61. The Hall–Kier alpha value is -6.50. The quantitative estimate of drug-likeness (QED) is 0.0291. The second kappa shape index (κ2) is 24.5. The van der Waals surface area contributed by atoms with E-state index in [9.17, 15) is 20.3 Å². The number of carbonyl (C=O) groups excluding carboxylic acids is 1. The fourth-order valence-corrected chi connectivity index (χ4v) is 11.0. The largest absolute Gasteiger partial charge is 0.459 e. The van der Waals surface area contributed by atoms with Gasteiger partial charge in [0.2, 0.25) is 18.9 Å². The normalized spacial score (nSPS) is 24.1. The highest BCUT2D eigenvalue weighted by Gasteiger charge is 2.66. The van der Waals surface area contributed by atoms with E-state index in [2.05, 4.69) is 12.7 Å². The average molecular weight is 1000 g/mol. The molecule has 7 atom stereocenters. The van der Waals surface area contributed by atoms with Crippen molar-refractivity contribution in [2.24, 2.45) is 22.9 Å². The Balaban J connectivity index is 1.19. The van der Waals surface area contributed by atoms with Gasteiger partial charge in [-0.15, -0.1) is 6.58 Å². The fourth-order valence-electron chi connectivity index (χ4n) is 11.0. The molecule has 3 aliphatic heterocycles. The molecule has 2 aliphatic carbocycles. The lowest BCUT2D eigenvalue weighted by atomic mass is 9.55. The number of hydrogen-bond donors (Lipinski definition) is 2. The molecule has 17 nitrogen and oxygen atoms in total. The Morgan fingerprint density at radius 1 is 0.890 bits per heavy atom. The van der Waals surface area contributed by atoms with Crippen LogP contribution in [0, 0.1) is 27.9 Å². The fraction of sp³-hybridized carbons (Fsp3) is 0.464. The lowest BCUT2D eigenvalue weighted by Gasteiger charge is -2.59. The molecule has 4 aromatic carbocycles. The van der Waals surface area contributed by atoms with Gasteiger partial charge in [-0.2, -0.15) is 0 Å². The van der Waals surface area contributed by atoms with Gasteiger partial charge in [-0.3, -0.25) is 15.0 Å². The molecule has 9 rings (SSSR count). The Morgan fingerprint density at radius 3 is 2.49 bits per heavy atom. The topological polar surface area (TPSA) is 199 Å². The molecule has 2 N–H and O–H groups in total. The molecule has 1 unspecified atom stereocenters. The van der Waals surface area contributed by atoms with Crippen LogP contribution in [0.1, 0.15) is 86.8 Å². The van der Waals surface area contributed by atoms with Crippen molar-refractivity contribution in [3.8, 4) is 28.7 Å². The van der Waals surface area contributed by atoms with Gasteiger partial charge in [0.1, 0.15) is 29.9 Å². The number of nitro groups is 1. The van der Waals surface area contributed by atoms with Crippen molar-refractivity contribution in [1.82, 2.24) is 4.90 Å². The number of carbonyl (C=O) groups is 1. The van der Waals surface area contributed by atoms with Gasteiger partial charge in [0.15, 0.2) is 11.5 Å². The third-order valence-electron chi connectivity index (χ3n) is 14.3. The van der Waals surface area contributed by atoms with E-state index in [1.165, 1.54) is 12.1 Å². The van der Waals surface area contributed by atoms with Crippen molar-refractivity contribution in [2.45, 2.75) is 101 Å². The summed E-state index contributed by atoms with van der Waals surface area (Å²) in [6, 6.07) is 26.0. The Bertz CT molecular complexity index is 2590. The molecule has 4 aromatic rings. The lowest BCUT2D eigenvalue weighted by Crippen LogP contribution is -2.70. The molecule has 0 bridgehead atoms. The van der Waals surface area contributed by atoms with Crippen molar-refractivity contribution >= 4 is 17.5 Å². The van der Waals surface area contributed by atoms with E-state index in [0.717, 1.165) is 47.9 Å². The van der Waals surface area contributed by atoms with E-state index >= 15 is 4.79 Å². The SMILES string of the molecule is C=CCO[C@@]12Oc3ccc(Oc4cccc([N+](=O)[O-])c4)cc3[C@H]3[C@H](CCCCO)[C@@H](CCCCO)C=C(C(=NOC4CCCCO4)C[C@@H]1N(Cc1ccc4c(c1)OCO4)C(=O)OCCOCc1ccccc1)[C@H]32. The zero-order valence-electron chi connectivity index (χ0n) is 41.1. The number of unbranched alkanes of at least 4 members (excludes halogenated alkanes) is 2. The molecule has 5 aliphatic rings. The van der Waals surface area contributed by atoms with Gasteiger partial charge in [0, 0.05) is 50.1 Å². The van der Waals surface area contributed by atoms with E-state index in [-0.39, 0.29) is 82.0 Å². The summed E-state index contributed by atoms with van der Waals surface area (Å²) in [6.07, 6.45) is 9.46. The number of rotatable bonds is 24. The summed E-state index contributed by atoms with van der Waals surface area (Å²) in [5.41, 5.74) is 3.87. The van der Waals surface area contributed by atoms with Crippen LogP contribution in [0.25, 0.3) is 0 Å². The van der Waals surface area contributed by atoms with Crippen LogP contribution in [0.15, 0.2) is 120 Å². The molecule has 1 saturated heterocycles. The van der Waals surface area contributed by atoms with Crippen molar-refractivity contribution in [2.75, 3.05) is 46.4 Å². The number of oxime groups is 1. The maximum absolute atomic E-state index is 15.2. The molecule has 1 saturated carbocycles. The second-order valence-electron chi connectivity index (χ2n) is 19.0. The molecule has 388 valence electrons. The van der Waals surface area contributed by atoms with E-state index in [0.29, 0.717) is 74.0 Å². The van der Waals surface area contributed by atoms with Crippen molar-refractivity contribution < 1.29 is 62.7 Å². The van der Waals surface area contributed by atoms with Gasteiger partial charge in [-0.05, 0) is 103 Å². The van der Waals surface area contributed by atoms with Crippen LogP contribution >= 0.6 is 0 Å². The van der Waals surface area contributed by atoms with Gasteiger partial charge in [0.05, 0.1) is 49.0 Å². The number of hydrogen-bond acceptors (Lipinski definition) is 15. The van der Waals surface area contributed by atoms with Crippen LogP contribution in [0.3, 0.4) is 0 Å². The maximum Gasteiger partial charge on any atom is 0.410 e. The molecule has 0 aromatic heterocycles. The third-order valence-corrected chi connectivity index (χ3v) is 14.3. The number of allylic oxidation sites excluding steroid dienone is 1. The van der Waals surface area contributed by atoms with E-state index in [4.69, 9.17) is 47.9 Å². The maximum atomic E-state index is 15.2. The van der Waals surface area contributed by atoms with Crippen LogP contribution in [-0.4, -0.2) is 96.4 Å². The van der Waals surface area contributed by atoms with Crippen LogP contribution in [0.5, 0.6) is 28.7 Å². The first-order valence-electron chi connectivity index (χ1n) is 25.5. The van der Waals surface area contributed by atoms with E-state index in [1.807, 2.05) is 60.7 Å². The first-order valence-corrected chi connectivity index (χ1v) is 25.5. The predicted molar refractivity (Wildman–Crippen MR) is 268 cm³/mol. The van der Waals surface area contributed by atoms with Crippen LogP contribution in [-0.2, 0) is 36.9 Å². The summed E-state index contributed by atoms with van der Waals surface area (Å²) in [4.78, 5) is 34.5. The highest BCUT2D eigenvalue weighted by molar-refractivity contribution is 6.03. The molecule has 3 heterocycles. The summed E-state index contributed by atoms with van der Waals surface area (Å²) in [5, 5.41) is 36.9. The predicted octanol–water partition coefficient (Wildman–Crippen LogP) is 10.1. The standard InChI is InChI=1S/C56H65N3O14/c1-2-26-70-56-51(58(35-39-20-22-49-50(30-39)69-37-68-49)55(62)67-29-28-65-36-38-13-4-3-5-14-38)34-47(57-73-52-19-8-11-27-66-52)45-31-40(15-6-9-24-60)44(18-7-10-25-61)53(54(45)56)46-33-43(21-23-48(46)72-56)71-42-17-12-16-41(32-42)59(63)64/h2-5,12-14,16-17,20-23,30-33,40,44,51-54,60-61H,1,6-11,15,18-19,24-29,34-37H2/t40-,44+,51-,52?,53+,54+,56+/m0/s1. The number of aliphatic hydroxyl groups is 2. The number of aliphatic hydroxyl groups excluding tert-OH is 2. The first-order chi connectivity index (χ1) is 35.8. The minimum absolute atomic E-state index is 0.0258. The lowest BCUT2D eigenvalue weighted by molar-refractivity contribution is -0.384. The zero-order chi connectivity index (χ0) is 50.6. The summed E-state index contributed by atoms with van der Waals surface area (Å²) < 4.78 is 50.7. The number of amides is 1. The monoisotopic (exact) mass is 1000 g/mol. The zero-order valence-corrected chi connectivity index (χ0v) is 41.1. The van der Waals surface area contributed by atoms with E-state index < -0.39 is 35.1 Å². The van der Waals surface area contributed by atoms with E-state index in [1.54, 1.807) is 29.2 Å². The minimum Gasteiger partial charge on any atom is -0.459 e. The Kier molecular flexibility index (Phi) is 17.2. The molecular weight excluding hydrogens is 939 g/mol. The van der Waals surface area contributed by atoms with Gasteiger partial charge < -0.3 is 52.9 Å². The number of nitro benzene ring substituents is 1. The molecule has 2 fully saturated rings. The number of non-ortho nitro benzene ring substituents is 1. The molecular formula is C56H65N3O14. The number of nitrogens with zero attached hydrogens (tertiary/aromatic N) is 3. The first kappa shape index (κ1) is 51.4. The average Bonchev–Trinajstić information content (AvgIpc) is 3.89. The van der Waals surface area contributed by atoms with Crippen molar-refractivity contribution in [1.29, 1.82) is 0 Å². The van der Waals surface area contributed by atoms with Crippen LogP contribution < -0.4 is 18.9 Å². The third kappa shape index (κ3) is 12.0. The van der Waals surface area contributed by atoms with Gasteiger partial charge in [-0.1, -0.05) is 72.6 Å². The molecule has 17 heteroatoms. The number of fused-ring (bicyclic) bond motifs is 3. The van der Waals surface area contributed by atoms with Crippen molar-refractivity contribution in [3.63, 3.8) is 0 Å². The summed E-state index contributed by atoms with van der Waals surface area (Å²) in [5.74, 6) is -0.384. The molecule has 0 spiro atoms. The Morgan fingerprint density at radius 2 is 1.70 bits per heavy atom. The highest BCUT2D eigenvalue weighted by Crippen LogP contribution is 2.62. The number of benzene rings is 4. The van der Waals surface area contributed by atoms with Crippen LogP contribution in [0.2, 0.25) is 0 Å². The summed E-state index contributed by atoms with van der Waals surface area (Å²) in [7, 11) is 0. The smallest absolute Gasteiger partial charge is 0.410 e. The van der Waals surface area contributed by atoms with Crippen LogP contribution in [0.4, 0.5) is 10.5 Å². The molecule has 1 amide bonds. The molecule has 73 heavy (non-hydrogen) atoms. The summed E-state index contributed by atoms with van der Waals surface area (Å²) in [6.45, 7) is 5.28. The van der Waals surface area contributed by atoms with Crippen molar-refractivity contribution in [3.05, 3.63) is 142 Å². The van der Waals surface area contributed by atoms with Gasteiger partial charge in [0.25, 0.3) is 5.69 Å². The Labute approximate surface area is 425 Å². The van der Waals surface area contributed by atoms with Gasteiger partial charge in [-0.25, -0.2) is 4.79 Å². The second-order valence-corrected chi connectivity index (χ2v) is 19.0. The molecule has 0 radical (unpaired) electrons. The van der Waals surface area contributed by atoms with Gasteiger partial charge >= 0.3 is 6.09 Å². The summed E-state index contributed by atoms with van der Waals surface area (Å²) >= 11 is 0. The highest BCUT2D eigenvalue weighted by atomic mass is 16.8.